The molecule has 0 saturated carbocycles. The molecule has 2 aromatic rings. The minimum absolute atomic E-state index is 0.126. The molecule has 0 radical (unpaired) electrons. The van der Waals surface area contributed by atoms with Crippen molar-refractivity contribution in [3.63, 3.8) is 0 Å². The minimum Gasteiger partial charge on any atom is -0.421 e. The van der Waals surface area contributed by atoms with E-state index in [1.54, 1.807) is 26.1 Å². The average Bonchev–Trinajstić information content (AvgIpc) is 2.83. The molecule has 0 fully saturated rings. The molecule has 0 amide bonds. The van der Waals surface area contributed by atoms with Crippen molar-refractivity contribution in [1.82, 2.24) is 9.78 Å². The predicted octanol–water partition coefficient (Wildman–Crippen LogP) is 3.15. The summed E-state index contributed by atoms with van der Waals surface area (Å²) in [5.74, 6) is -0.429. The summed E-state index contributed by atoms with van der Waals surface area (Å²) in [6, 6.07) is 5.84. The summed E-state index contributed by atoms with van der Waals surface area (Å²) in [4.78, 5) is 22.7. The number of esters is 1. The van der Waals surface area contributed by atoms with E-state index in [0.29, 0.717) is 11.3 Å². The highest BCUT2D eigenvalue weighted by Crippen LogP contribution is 2.26. The topological polar surface area (TPSA) is 87.3 Å². The molecule has 0 aliphatic rings. The van der Waals surface area contributed by atoms with Crippen LogP contribution in [-0.2, 0) is 12.5 Å². The third-order valence-electron chi connectivity index (χ3n) is 3.44. The van der Waals surface area contributed by atoms with Gasteiger partial charge in [-0.15, -0.1) is 0 Å². The van der Waals surface area contributed by atoms with Crippen molar-refractivity contribution in [3.8, 4) is 5.75 Å². The Kier molecular flexibility index (Phi) is 4.22. The molecule has 7 heteroatoms. The Morgan fingerprint density at radius 2 is 1.96 bits per heavy atom. The van der Waals surface area contributed by atoms with Crippen molar-refractivity contribution in [1.29, 1.82) is 0 Å². The second-order valence-corrected chi connectivity index (χ2v) is 6.38. The van der Waals surface area contributed by atoms with Crippen LogP contribution in [0.2, 0.25) is 0 Å². The molecule has 23 heavy (non-hydrogen) atoms. The van der Waals surface area contributed by atoms with Crippen LogP contribution >= 0.6 is 0 Å². The van der Waals surface area contributed by atoms with Crippen LogP contribution in [0.25, 0.3) is 0 Å². The second-order valence-electron chi connectivity index (χ2n) is 6.38. The number of aryl methyl sites for hydroxylation is 2. The number of carbonyl (C=O) groups is 1. The van der Waals surface area contributed by atoms with Crippen molar-refractivity contribution in [3.05, 3.63) is 51.3 Å². The van der Waals surface area contributed by atoms with Crippen LogP contribution in [0.3, 0.4) is 0 Å². The molecule has 0 aliphatic heterocycles. The van der Waals surface area contributed by atoms with E-state index in [9.17, 15) is 14.9 Å². The molecule has 0 aliphatic carbocycles. The number of nitro groups is 1. The molecule has 122 valence electrons. The first-order valence-electron chi connectivity index (χ1n) is 7.11. The zero-order valence-corrected chi connectivity index (χ0v) is 13.8. The maximum Gasteiger partial charge on any atom is 0.362 e. The van der Waals surface area contributed by atoms with E-state index in [0.717, 1.165) is 5.69 Å². The summed E-state index contributed by atoms with van der Waals surface area (Å²) in [5, 5.41) is 15.2. The van der Waals surface area contributed by atoms with Crippen LogP contribution < -0.4 is 4.74 Å². The number of hydrogen-bond acceptors (Lipinski definition) is 5. The van der Waals surface area contributed by atoms with Gasteiger partial charge in [0.05, 0.1) is 16.7 Å². The summed E-state index contributed by atoms with van der Waals surface area (Å²) in [7, 11) is 1.66. The molecule has 0 N–H and O–H groups in total. The number of non-ortho nitro benzene ring substituents is 1. The fourth-order valence-corrected chi connectivity index (χ4v) is 1.99. The Balaban J connectivity index is 2.31. The standard InChI is InChI=1S/C16H19N3O4/c1-10-6-7-11(19(21)22)8-13(10)23-15(20)12-9-14(16(2,3)4)17-18(12)5/h6-9H,1-5H3. The third-order valence-corrected chi connectivity index (χ3v) is 3.44. The fourth-order valence-electron chi connectivity index (χ4n) is 1.99. The summed E-state index contributed by atoms with van der Waals surface area (Å²) in [5.41, 5.74) is 1.38. The van der Waals surface area contributed by atoms with Crippen molar-refractivity contribution in [2.24, 2.45) is 7.05 Å². The van der Waals surface area contributed by atoms with E-state index in [1.807, 2.05) is 20.8 Å². The van der Waals surface area contributed by atoms with E-state index in [-0.39, 0.29) is 16.9 Å². The first-order valence-corrected chi connectivity index (χ1v) is 7.11. The highest BCUT2D eigenvalue weighted by molar-refractivity contribution is 5.89. The number of rotatable bonds is 3. The monoisotopic (exact) mass is 317 g/mol. The van der Waals surface area contributed by atoms with Crippen molar-refractivity contribution in [2.75, 3.05) is 0 Å². The van der Waals surface area contributed by atoms with Gasteiger partial charge in [-0.05, 0) is 24.6 Å². The summed E-state index contributed by atoms with van der Waals surface area (Å²) < 4.78 is 6.78. The van der Waals surface area contributed by atoms with Gasteiger partial charge in [-0.1, -0.05) is 20.8 Å². The Bertz CT molecular complexity index is 772. The molecule has 0 atom stereocenters. The number of benzene rings is 1. The number of hydrogen-bond donors (Lipinski definition) is 0. The molecule has 1 aromatic heterocycles. The normalized spacial score (nSPS) is 11.3. The summed E-state index contributed by atoms with van der Waals surface area (Å²) >= 11 is 0. The van der Waals surface area contributed by atoms with Gasteiger partial charge >= 0.3 is 5.97 Å². The van der Waals surface area contributed by atoms with E-state index >= 15 is 0 Å². The van der Waals surface area contributed by atoms with Crippen molar-refractivity contribution < 1.29 is 14.5 Å². The van der Waals surface area contributed by atoms with Gasteiger partial charge in [0.25, 0.3) is 5.69 Å². The Hall–Kier alpha value is -2.70. The van der Waals surface area contributed by atoms with Crippen molar-refractivity contribution in [2.45, 2.75) is 33.1 Å². The van der Waals surface area contributed by atoms with Crippen LogP contribution in [0.15, 0.2) is 24.3 Å². The van der Waals surface area contributed by atoms with Gasteiger partial charge in [-0.2, -0.15) is 5.10 Å². The Labute approximate surface area is 134 Å². The zero-order valence-electron chi connectivity index (χ0n) is 13.8. The molecule has 1 aromatic carbocycles. The SMILES string of the molecule is Cc1ccc([N+](=O)[O-])cc1OC(=O)c1cc(C(C)(C)C)nn1C. The van der Waals surface area contributed by atoms with Gasteiger partial charge in [0.15, 0.2) is 0 Å². The zero-order chi connectivity index (χ0) is 17.4. The van der Waals surface area contributed by atoms with Crippen LogP contribution in [0.5, 0.6) is 5.75 Å². The first kappa shape index (κ1) is 16.7. The van der Waals surface area contributed by atoms with Crippen LogP contribution in [0.1, 0.15) is 42.5 Å². The predicted molar refractivity (Wildman–Crippen MR) is 84.7 cm³/mol. The van der Waals surface area contributed by atoms with Gasteiger partial charge in [0.1, 0.15) is 11.4 Å². The first-order chi connectivity index (χ1) is 10.6. The minimum atomic E-state index is -0.598. The molecule has 0 spiro atoms. The van der Waals surface area contributed by atoms with Crippen LogP contribution in [-0.4, -0.2) is 20.7 Å². The van der Waals surface area contributed by atoms with E-state index < -0.39 is 10.9 Å². The van der Waals surface area contributed by atoms with Gasteiger partial charge in [-0.3, -0.25) is 14.8 Å². The number of nitro benzene ring substituents is 1. The fraction of sp³-hybridized carbons (Fsp3) is 0.375. The summed E-state index contributed by atoms with van der Waals surface area (Å²) in [6.07, 6.45) is 0. The van der Waals surface area contributed by atoms with Gasteiger partial charge in [0, 0.05) is 18.5 Å². The maximum absolute atomic E-state index is 12.4. The lowest BCUT2D eigenvalue weighted by Gasteiger charge is -2.13. The number of nitrogens with zero attached hydrogens (tertiary/aromatic N) is 3. The average molecular weight is 317 g/mol. The second kappa shape index (κ2) is 5.83. The van der Waals surface area contributed by atoms with E-state index in [1.165, 1.54) is 16.8 Å². The van der Waals surface area contributed by atoms with E-state index in [2.05, 4.69) is 5.10 Å². The smallest absolute Gasteiger partial charge is 0.362 e. The highest BCUT2D eigenvalue weighted by atomic mass is 16.6. The molecule has 0 bridgehead atoms. The lowest BCUT2D eigenvalue weighted by Crippen LogP contribution is -2.14. The Morgan fingerprint density at radius 3 is 2.48 bits per heavy atom. The van der Waals surface area contributed by atoms with Crippen LogP contribution in [0.4, 0.5) is 5.69 Å². The largest absolute Gasteiger partial charge is 0.421 e. The molecular weight excluding hydrogens is 298 g/mol. The highest BCUT2D eigenvalue weighted by Gasteiger charge is 2.23. The van der Waals surface area contributed by atoms with Crippen molar-refractivity contribution >= 4 is 11.7 Å². The molecular formula is C16H19N3O4. The van der Waals surface area contributed by atoms with Crippen LogP contribution in [0, 0.1) is 17.0 Å². The number of carbonyl (C=O) groups excluding carboxylic acids is 1. The Morgan fingerprint density at radius 1 is 1.30 bits per heavy atom. The van der Waals surface area contributed by atoms with E-state index in [4.69, 9.17) is 4.74 Å². The van der Waals surface area contributed by atoms with Gasteiger partial charge in [-0.25, -0.2) is 4.79 Å². The van der Waals surface area contributed by atoms with Gasteiger partial charge < -0.3 is 4.74 Å². The molecule has 7 nitrogen and oxygen atoms in total. The molecule has 2 rings (SSSR count). The third kappa shape index (κ3) is 3.56. The quantitative estimate of drug-likeness (QED) is 0.375. The number of aromatic nitrogens is 2. The molecule has 0 unspecified atom stereocenters. The summed E-state index contributed by atoms with van der Waals surface area (Å²) in [6.45, 7) is 7.70. The molecule has 1 heterocycles. The van der Waals surface area contributed by atoms with Gasteiger partial charge in [0.2, 0.25) is 0 Å². The lowest BCUT2D eigenvalue weighted by atomic mass is 9.92. The number of ether oxygens (including phenoxy) is 1. The maximum atomic E-state index is 12.4. The molecule has 0 saturated heterocycles. The lowest BCUT2D eigenvalue weighted by molar-refractivity contribution is -0.384.